The molecule has 0 radical (unpaired) electrons. The molecule has 2 N–H and O–H groups in total. The van der Waals surface area contributed by atoms with Gasteiger partial charge in [0.15, 0.2) is 0 Å². The van der Waals surface area contributed by atoms with E-state index in [1.807, 2.05) is 0 Å². The normalized spacial score (nSPS) is 30.0. The van der Waals surface area contributed by atoms with Crippen LogP contribution in [0.25, 0.3) is 0 Å². The van der Waals surface area contributed by atoms with Gasteiger partial charge in [-0.05, 0) is 37.7 Å². The van der Waals surface area contributed by atoms with Crippen LogP contribution in [0.4, 0.5) is 0 Å². The number of methoxy groups -OCH3 is 1. The molecule has 1 aliphatic heterocycles. The Kier molecular flexibility index (Phi) is 7.43. The molecule has 5 heteroatoms. The van der Waals surface area contributed by atoms with Gasteiger partial charge in [0.2, 0.25) is 0 Å². The molecular formula is C22H35ClN2O2. The van der Waals surface area contributed by atoms with Gasteiger partial charge in [-0.15, -0.1) is 12.4 Å². The molecule has 3 fully saturated rings. The third-order valence-electron chi connectivity index (χ3n) is 6.98. The Bertz CT molecular complexity index is 585. The Balaban J connectivity index is 0.00000210. The fourth-order valence-electron chi connectivity index (χ4n) is 5.59. The molecular weight excluding hydrogens is 360 g/mol. The van der Waals surface area contributed by atoms with Gasteiger partial charge >= 0.3 is 0 Å². The van der Waals surface area contributed by atoms with E-state index in [0.29, 0.717) is 18.0 Å². The Hall–Kier alpha value is -0.810. The summed E-state index contributed by atoms with van der Waals surface area (Å²) in [6.45, 7) is 3.81. The number of nitrogens with one attached hydrogen (secondary N) is 2. The van der Waals surface area contributed by atoms with E-state index in [9.17, 15) is 0 Å². The minimum Gasteiger partial charge on any atom is -0.496 e. The van der Waals surface area contributed by atoms with E-state index in [2.05, 4.69) is 34.9 Å². The predicted molar refractivity (Wildman–Crippen MR) is 112 cm³/mol. The summed E-state index contributed by atoms with van der Waals surface area (Å²) in [4.78, 5) is 0. The van der Waals surface area contributed by atoms with E-state index in [-0.39, 0.29) is 17.8 Å². The fourth-order valence-corrected chi connectivity index (χ4v) is 5.59. The van der Waals surface area contributed by atoms with Gasteiger partial charge in [0, 0.05) is 36.2 Å². The van der Waals surface area contributed by atoms with Crippen LogP contribution >= 0.6 is 12.4 Å². The number of morpholine rings is 1. The van der Waals surface area contributed by atoms with E-state index in [4.69, 9.17) is 9.47 Å². The number of para-hydroxylation sites is 1. The standard InChI is InChI=1S/C22H34N2O2.ClH/c1-25-21-10-3-2-8-18(21)22(11-4-5-12-22)16-24-19-9-6-7-17(19)20-15-26-14-13-23-20;/h2-3,8,10,17,19-20,23-24H,4-7,9,11-16H2,1H3;1H. The second-order valence-electron chi connectivity index (χ2n) is 8.41. The lowest BCUT2D eigenvalue weighted by molar-refractivity contribution is 0.0521. The summed E-state index contributed by atoms with van der Waals surface area (Å²) in [5, 5.41) is 7.70. The summed E-state index contributed by atoms with van der Waals surface area (Å²) in [6, 6.07) is 9.79. The predicted octanol–water partition coefficient (Wildman–Crippen LogP) is 3.68. The highest BCUT2D eigenvalue weighted by atomic mass is 35.5. The average molecular weight is 395 g/mol. The number of hydrogen-bond acceptors (Lipinski definition) is 4. The molecule has 1 heterocycles. The van der Waals surface area contributed by atoms with Crippen LogP contribution in [0.1, 0.15) is 50.5 Å². The van der Waals surface area contributed by atoms with Gasteiger partial charge < -0.3 is 20.1 Å². The third-order valence-corrected chi connectivity index (χ3v) is 6.98. The first kappa shape index (κ1) is 20.9. The molecule has 4 rings (SSSR count). The van der Waals surface area contributed by atoms with Gasteiger partial charge in [0.25, 0.3) is 0 Å². The maximum atomic E-state index is 5.73. The lowest BCUT2D eigenvalue weighted by Crippen LogP contribution is -2.52. The molecule has 0 aromatic heterocycles. The number of ether oxygens (including phenoxy) is 2. The van der Waals surface area contributed by atoms with Crippen molar-refractivity contribution < 1.29 is 9.47 Å². The van der Waals surface area contributed by atoms with E-state index in [1.165, 1.54) is 50.5 Å². The van der Waals surface area contributed by atoms with Gasteiger partial charge in [-0.3, -0.25) is 0 Å². The summed E-state index contributed by atoms with van der Waals surface area (Å²) in [7, 11) is 1.80. The molecule has 0 spiro atoms. The molecule has 3 unspecified atom stereocenters. The van der Waals surface area contributed by atoms with Crippen molar-refractivity contribution >= 4 is 12.4 Å². The van der Waals surface area contributed by atoms with Gasteiger partial charge in [-0.25, -0.2) is 0 Å². The molecule has 1 aromatic carbocycles. The molecule has 4 nitrogen and oxygen atoms in total. The van der Waals surface area contributed by atoms with E-state index in [0.717, 1.165) is 32.1 Å². The quantitative estimate of drug-likeness (QED) is 0.772. The molecule has 152 valence electrons. The molecule has 1 saturated heterocycles. The van der Waals surface area contributed by atoms with Crippen LogP contribution in [0.3, 0.4) is 0 Å². The highest BCUT2D eigenvalue weighted by molar-refractivity contribution is 5.85. The fraction of sp³-hybridized carbons (Fsp3) is 0.727. The van der Waals surface area contributed by atoms with E-state index >= 15 is 0 Å². The highest BCUT2D eigenvalue weighted by Gasteiger charge is 2.40. The zero-order valence-electron chi connectivity index (χ0n) is 16.5. The summed E-state index contributed by atoms with van der Waals surface area (Å²) in [6.07, 6.45) is 9.14. The lowest BCUT2D eigenvalue weighted by Gasteiger charge is -2.36. The van der Waals surface area contributed by atoms with Gasteiger partial charge in [-0.1, -0.05) is 37.5 Å². The summed E-state index contributed by atoms with van der Waals surface area (Å²) in [5.74, 6) is 1.76. The Labute approximate surface area is 170 Å². The SMILES string of the molecule is COc1ccccc1C1(CNC2CCCC2C2COCCN2)CCCC1.Cl. The summed E-state index contributed by atoms with van der Waals surface area (Å²) in [5.41, 5.74) is 1.64. The van der Waals surface area contributed by atoms with Gasteiger partial charge in [-0.2, -0.15) is 0 Å². The molecule has 1 aromatic rings. The van der Waals surface area contributed by atoms with Crippen LogP contribution < -0.4 is 15.4 Å². The smallest absolute Gasteiger partial charge is 0.122 e. The van der Waals surface area contributed by atoms with Crippen molar-refractivity contribution in [3.63, 3.8) is 0 Å². The van der Waals surface area contributed by atoms with Crippen molar-refractivity contribution in [3.05, 3.63) is 29.8 Å². The van der Waals surface area contributed by atoms with Crippen molar-refractivity contribution in [2.45, 2.75) is 62.4 Å². The topological polar surface area (TPSA) is 42.5 Å². The first-order valence-corrected chi connectivity index (χ1v) is 10.5. The first-order valence-electron chi connectivity index (χ1n) is 10.5. The average Bonchev–Trinajstić information content (AvgIpc) is 3.37. The van der Waals surface area contributed by atoms with Crippen LogP contribution in [0, 0.1) is 5.92 Å². The van der Waals surface area contributed by atoms with Crippen LogP contribution in [-0.2, 0) is 10.2 Å². The van der Waals surface area contributed by atoms with Crippen LogP contribution in [0.15, 0.2) is 24.3 Å². The minimum absolute atomic E-state index is 0. The molecule has 0 amide bonds. The van der Waals surface area contributed by atoms with Gasteiger partial charge in [0.05, 0.1) is 20.3 Å². The van der Waals surface area contributed by atoms with Crippen molar-refractivity contribution in [3.8, 4) is 5.75 Å². The van der Waals surface area contributed by atoms with Crippen LogP contribution in [-0.4, -0.2) is 45.5 Å². The maximum absolute atomic E-state index is 5.73. The molecule has 2 aliphatic carbocycles. The molecule has 3 aliphatic rings. The largest absolute Gasteiger partial charge is 0.496 e. The van der Waals surface area contributed by atoms with Crippen LogP contribution in [0.5, 0.6) is 5.75 Å². The zero-order valence-corrected chi connectivity index (χ0v) is 17.4. The van der Waals surface area contributed by atoms with Crippen molar-refractivity contribution in [1.82, 2.24) is 10.6 Å². The van der Waals surface area contributed by atoms with Crippen molar-refractivity contribution in [2.75, 3.05) is 33.4 Å². The van der Waals surface area contributed by atoms with Crippen molar-refractivity contribution in [1.29, 1.82) is 0 Å². The number of halogens is 1. The first-order chi connectivity index (χ1) is 12.8. The monoisotopic (exact) mass is 394 g/mol. The Morgan fingerprint density at radius 2 is 2.00 bits per heavy atom. The Morgan fingerprint density at radius 3 is 2.74 bits per heavy atom. The maximum Gasteiger partial charge on any atom is 0.122 e. The summed E-state index contributed by atoms with van der Waals surface area (Å²) >= 11 is 0. The second kappa shape index (κ2) is 9.60. The highest BCUT2D eigenvalue weighted by Crippen LogP contribution is 2.44. The summed E-state index contributed by atoms with van der Waals surface area (Å²) < 4.78 is 11.4. The van der Waals surface area contributed by atoms with Crippen molar-refractivity contribution in [2.24, 2.45) is 5.92 Å². The molecule has 27 heavy (non-hydrogen) atoms. The lowest BCUT2D eigenvalue weighted by atomic mass is 9.77. The second-order valence-corrected chi connectivity index (χ2v) is 8.41. The van der Waals surface area contributed by atoms with Gasteiger partial charge in [0.1, 0.15) is 5.75 Å². The number of rotatable bonds is 6. The third kappa shape index (κ3) is 4.45. The molecule has 3 atom stereocenters. The molecule has 2 saturated carbocycles. The van der Waals surface area contributed by atoms with E-state index in [1.54, 1.807) is 7.11 Å². The zero-order chi connectivity index (χ0) is 17.8. The number of hydrogen-bond donors (Lipinski definition) is 2. The van der Waals surface area contributed by atoms with E-state index < -0.39 is 0 Å². The number of benzene rings is 1. The Morgan fingerprint density at radius 1 is 1.19 bits per heavy atom. The minimum atomic E-state index is 0. The molecule has 0 bridgehead atoms. The van der Waals surface area contributed by atoms with Crippen LogP contribution in [0.2, 0.25) is 0 Å².